The van der Waals surface area contributed by atoms with Gasteiger partial charge in [-0.25, -0.2) is 4.68 Å². The van der Waals surface area contributed by atoms with Gasteiger partial charge in [-0.15, -0.1) is 5.10 Å². The summed E-state index contributed by atoms with van der Waals surface area (Å²) in [5.41, 5.74) is 6.27. The van der Waals surface area contributed by atoms with Crippen LogP contribution in [0.3, 0.4) is 0 Å². The highest BCUT2D eigenvalue weighted by Gasteiger charge is 2.08. The Morgan fingerprint density at radius 1 is 1.25 bits per heavy atom. The molecule has 0 aliphatic carbocycles. The molecule has 0 saturated carbocycles. The van der Waals surface area contributed by atoms with Crippen LogP contribution in [0.4, 0.5) is 0 Å². The van der Waals surface area contributed by atoms with Crippen LogP contribution in [0.5, 0.6) is 0 Å². The maximum absolute atomic E-state index is 4.37. The lowest BCUT2D eigenvalue weighted by Crippen LogP contribution is -1.97. The van der Waals surface area contributed by atoms with Gasteiger partial charge in [0.1, 0.15) is 5.69 Å². The van der Waals surface area contributed by atoms with Crippen molar-refractivity contribution in [2.24, 2.45) is 0 Å². The van der Waals surface area contributed by atoms with Crippen molar-refractivity contribution >= 4 is 5.70 Å². The van der Waals surface area contributed by atoms with Crippen LogP contribution in [-0.2, 0) is 6.42 Å². The number of hydrogen-bond acceptors (Lipinski definition) is 2. The van der Waals surface area contributed by atoms with Crippen LogP contribution < -0.4 is 0 Å². The average Bonchev–Trinajstić information content (AvgIpc) is 3.21. The van der Waals surface area contributed by atoms with Gasteiger partial charge in [0, 0.05) is 5.56 Å². The summed E-state index contributed by atoms with van der Waals surface area (Å²) in [4.78, 5) is 0. The number of benzene rings is 1. The molecular weight excluding hydrogens is 342 g/mol. The zero-order valence-corrected chi connectivity index (χ0v) is 17.4. The third-order valence-corrected chi connectivity index (χ3v) is 4.61. The number of allylic oxidation sites excluding steroid dienone is 8. The van der Waals surface area contributed by atoms with Crippen LogP contribution in [0.2, 0.25) is 0 Å². The molecule has 0 aliphatic rings. The molecule has 2 rings (SSSR count). The zero-order valence-electron chi connectivity index (χ0n) is 17.4. The molecular formula is C25H31N3. The van der Waals surface area contributed by atoms with Gasteiger partial charge in [-0.05, 0) is 61.1 Å². The first-order chi connectivity index (χ1) is 13.6. The maximum atomic E-state index is 4.37. The third-order valence-electron chi connectivity index (χ3n) is 4.61. The Morgan fingerprint density at radius 2 is 2.07 bits per heavy atom. The Kier molecular flexibility index (Phi) is 8.41. The van der Waals surface area contributed by atoms with E-state index in [1.807, 2.05) is 31.3 Å². The van der Waals surface area contributed by atoms with Crippen molar-refractivity contribution in [1.29, 1.82) is 0 Å². The molecule has 2 aromatic rings. The molecule has 0 aliphatic heterocycles. The molecule has 0 spiro atoms. The topological polar surface area (TPSA) is 30.7 Å². The normalized spacial score (nSPS) is 12.5. The van der Waals surface area contributed by atoms with Crippen LogP contribution in [0.25, 0.3) is 17.0 Å². The number of rotatable bonds is 10. The van der Waals surface area contributed by atoms with Gasteiger partial charge in [0.05, 0.1) is 11.9 Å². The molecule has 1 aromatic heterocycles. The molecule has 0 bridgehead atoms. The maximum Gasteiger partial charge on any atom is 0.113 e. The molecule has 0 fully saturated rings. The van der Waals surface area contributed by atoms with Crippen LogP contribution in [0, 0.1) is 0 Å². The first kappa shape index (κ1) is 21.4. The second-order valence-electron chi connectivity index (χ2n) is 6.72. The van der Waals surface area contributed by atoms with E-state index in [2.05, 4.69) is 67.7 Å². The lowest BCUT2D eigenvalue weighted by Gasteiger charge is -2.06. The molecule has 3 heteroatoms. The van der Waals surface area contributed by atoms with E-state index in [-0.39, 0.29) is 0 Å². The number of nitrogens with zero attached hydrogens (tertiary/aromatic N) is 3. The second-order valence-corrected chi connectivity index (χ2v) is 6.72. The van der Waals surface area contributed by atoms with Gasteiger partial charge >= 0.3 is 0 Å². The second kappa shape index (κ2) is 11.0. The zero-order chi connectivity index (χ0) is 20.4. The Morgan fingerprint density at radius 3 is 2.75 bits per heavy atom. The van der Waals surface area contributed by atoms with Gasteiger partial charge in [-0.3, -0.25) is 0 Å². The van der Waals surface area contributed by atoms with Gasteiger partial charge in [0.2, 0.25) is 0 Å². The molecule has 1 aromatic carbocycles. The summed E-state index contributed by atoms with van der Waals surface area (Å²) in [5, 5.41) is 8.68. The van der Waals surface area contributed by atoms with Crippen molar-refractivity contribution in [2.75, 3.05) is 0 Å². The molecule has 0 saturated heterocycles. The van der Waals surface area contributed by atoms with Gasteiger partial charge in [0.15, 0.2) is 0 Å². The van der Waals surface area contributed by atoms with Crippen LogP contribution >= 0.6 is 0 Å². The summed E-state index contributed by atoms with van der Waals surface area (Å²) in [6.07, 6.45) is 16.3. The quantitative estimate of drug-likeness (QED) is 0.430. The van der Waals surface area contributed by atoms with Gasteiger partial charge in [-0.1, -0.05) is 75.1 Å². The summed E-state index contributed by atoms with van der Waals surface area (Å²) in [5.74, 6) is 0. The summed E-state index contributed by atoms with van der Waals surface area (Å²) >= 11 is 0. The average molecular weight is 374 g/mol. The minimum atomic E-state index is 0.853. The van der Waals surface area contributed by atoms with Crippen molar-refractivity contribution in [2.45, 2.75) is 46.5 Å². The summed E-state index contributed by atoms with van der Waals surface area (Å²) < 4.78 is 1.76. The molecule has 0 N–H and O–H groups in total. The van der Waals surface area contributed by atoms with Crippen molar-refractivity contribution in [1.82, 2.24) is 15.0 Å². The smallest absolute Gasteiger partial charge is 0.113 e. The predicted octanol–water partition coefficient (Wildman–Crippen LogP) is 6.78. The van der Waals surface area contributed by atoms with Crippen LogP contribution in [-0.4, -0.2) is 15.0 Å². The monoisotopic (exact) mass is 373 g/mol. The van der Waals surface area contributed by atoms with Gasteiger partial charge in [-0.2, -0.15) is 0 Å². The van der Waals surface area contributed by atoms with Crippen molar-refractivity contribution in [3.63, 3.8) is 0 Å². The molecule has 1 heterocycles. The SMILES string of the molecule is C=CC(=CC(=C)C(=CC=CC)CC)n1cc(-c2cccc(CCCC)c2)nn1. The summed E-state index contributed by atoms with van der Waals surface area (Å²) in [6, 6.07) is 8.54. The summed E-state index contributed by atoms with van der Waals surface area (Å²) in [6.45, 7) is 14.5. The van der Waals surface area contributed by atoms with E-state index in [1.54, 1.807) is 10.8 Å². The number of aromatic nitrogens is 3. The first-order valence-corrected chi connectivity index (χ1v) is 10.00. The van der Waals surface area contributed by atoms with E-state index in [9.17, 15) is 0 Å². The van der Waals surface area contributed by atoms with E-state index >= 15 is 0 Å². The van der Waals surface area contributed by atoms with Crippen molar-refractivity contribution < 1.29 is 0 Å². The Labute approximate surface area is 169 Å². The van der Waals surface area contributed by atoms with E-state index in [4.69, 9.17) is 0 Å². The van der Waals surface area contributed by atoms with E-state index in [1.165, 1.54) is 24.0 Å². The minimum Gasteiger partial charge on any atom is -0.220 e. The molecule has 0 amide bonds. The van der Waals surface area contributed by atoms with Crippen LogP contribution in [0.1, 0.15) is 45.6 Å². The fourth-order valence-corrected chi connectivity index (χ4v) is 2.94. The van der Waals surface area contributed by atoms with E-state index < -0.39 is 0 Å². The largest absolute Gasteiger partial charge is 0.220 e. The number of unbranched alkanes of at least 4 members (excludes halogenated alkanes) is 1. The van der Waals surface area contributed by atoms with Crippen LogP contribution in [0.15, 0.2) is 85.1 Å². The minimum absolute atomic E-state index is 0.853. The molecule has 0 atom stereocenters. The van der Waals surface area contributed by atoms with Crippen molar-refractivity contribution in [3.05, 3.63) is 90.7 Å². The van der Waals surface area contributed by atoms with Crippen molar-refractivity contribution in [3.8, 4) is 11.3 Å². The fourth-order valence-electron chi connectivity index (χ4n) is 2.94. The number of hydrogen-bond donors (Lipinski definition) is 0. The molecule has 28 heavy (non-hydrogen) atoms. The Hall–Kier alpha value is -2.94. The third kappa shape index (κ3) is 5.78. The molecule has 0 unspecified atom stereocenters. The fraction of sp³-hybridized carbons (Fsp3) is 0.280. The number of aryl methyl sites for hydroxylation is 1. The highest BCUT2D eigenvalue weighted by Crippen LogP contribution is 2.22. The standard InChI is InChI=1S/C25H31N3/c1-6-10-13-21-14-12-16-23(18-21)25-19-28(27-26-25)24(9-4)17-20(5)22(8-3)15-11-7-2/h7,9,11-12,14-19H,4-6,8,10,13H2,1-3H3. The predicted molar refractivity (Wildman–Crippen MR) is 121 cm³/mol. The highest BCUT2D eigenvalue weighted by atomic mass is 15.4. The lowest BCUT2D eigenvalue weighted by molar-refractivity contribution is 0.795. The molecule has 3 nitrogen and oxygen atoms in total. The lowest BCUT2D eigenvalue weighted by atomic mass is 10.0. The highest BCUT2D eigenvalue weighted by molar-refractivity contribution is 5.65. The Bertz CT molecular complexity index is 894. The first-order valence-electron chi connectivity index (χ1n) is 10.00. The van der Waals surface area contributed by atoms with E-state index in [0.29, 0.717) is 0 Å². The summed E-state index contributed by atoms with van der Waals surface area (Å²) in [7, 11) is 0. The Balaban J connectivity index is 2.27. The van der Waals surface area contributed by atoms with E-state index in [0.717, 1.165) is 35.4 Å². The van der Waals surface area contributed by atoms with Gasteiger partial charge < -0.3 is 0 Å². The molecule has 0 radical (unpaired) electrons. The molecule has 146 valence electrons. The van der Waals surface area contributed by atoms with Gasteiger partial charge in [0.25, 0.3) is 0 Å².